The first-order valence-electron chi connectivity index (χ1n) is 6.89. The van der Waals surface area contributed by atoms with E-state index < -0.39 is 0 Å². The molecule has 0 spiro atoms. The lowest BCUT2D eigenvalue weighted by Gasteiger charge is -2.42. The highest BCUT2D eigenvalue weighted by atomic mass is 16.5. The number of rotatable bonds is 2. The van der Waals surface area contributed by atoms with Crippen molar-refractivity contribution in [3.05, 3.63) is 24.3 Å². The maximum absolute atomic E-state index is 5.24. The molecule has 0 radical (unpaired) electrons. The summed E-state index contributed by atoms with van der Waals surface area (Å²) in [6.45, 7) is 0. The fraction of sp³-hybridized carbons (Fsp3) is 0.600. The Balaban J connectivity index is 1.85. The molecular formula is C15H22NO+. The molecule has 2 heteroatoms. The third-order valence-corrected chi connectivity index (χ3v) is 4.51. The van der Waals surface area contributed by atoms with E-state index in [1.165, 1.54) is 44.2 Å². The van der Waals surface area contributed by atoms with Gasteiger partial charge in [-0.1, -0.05) is 0 Å². The summed E-state index contributed by atoms with van der Waals surface area (Å²) in [7, 11) is 1.73. The summed E-state index contributed by atoms with van der Waals surface area (Å²) in [6.07, 6.45) is 8.54. The first-order chi connectivity index (χ1) is 8.38. The van der Waals surface area contributed by atoms with Crippen LogP contribution in [0.15, 0.2) is 24.3 Å². The first kappa shape index (κ1) is 11.1. The number of methoxy groups -OCH3 is 1. The van der Waals surface area contributed by atoms with Crippen LogP contribution >= 0.6 is 0 Å². The Labute approximate surface area is 104 Å². The van der Waals surface area contributed by atoms with E-state index in [4.69, 9.17) is 4.74 Å². The van der Waals surface area contributed by atoms with Gasteiger partial charge in [0.05, 0.1) is 19.2 Å². The van der Waals surface area contributed by atoms with Crippen LogP contribution in [0.1, 0.15) is 38.5 Å². The molecule has 2 bridgehead atoms. The van der Waals surface area contributed by atoms with E-state index in [1.807, 2.05) is 0 Å². The second-order valence-corrected chi connectivity index (χ2v) is 5.44. The largest absolute Gasteiger partial charge is 0.497 e. The number of hydrogen-bond donors (Lipinski definition) is 1. The minimum atomic E-state index is 0.871. The number of nitrogens with one attached hydrogen (secondary N) is 1. The molecule has 0 saturated carbocycles. The van der Waals surface area contributed by atoms with Crippen molar-refractivity contribution in [2.75, 3.05) is 7.11 Å². The molecule has 0 aromatic heterocycles. The van der Waals surface area contributed by atoms with E-state index in [2.05, 4.69) is 24.3 Å². The van der Waals surface area contributed by atoms with Crippen LogP contribution in [0.3, 0.4) is 0 Å². The summed E-state index contributed by atoms with van der Waals surface area (Å²) in [5, 5.41) is 0. The molecule has 92 valence electrons. The monoisotopic (exact) mass is 232 g/mol. The molecule has 2 aliphatic rings. The highest BCUT2D eigenvalue weighted by Gasteiger charge is 2.38. The molecule has 2 saturated heterocycles. The van der Waals surface area contributed by atoms with Crippen molar-refractivity contribution >= 4 is 5.69 Å². The fourth-order valence-electron chi connectivity index (χ4n) is 3.72. The molecule has 2 heterocycles. The molecule has 2 nitrogen and oxygen atoms in total. The van der Waals surface area contributed by atoms with Gasteiger partial charge in [0.2, 0.25) is 0 Å². The maximum Gasteiger partial charge on any atom is 0.131 e. The average Bonchev–Trinajstić information content (AvgIpc) is 2.38. The predicted molar refractivity (Wildman–Crippen MR) is 68.9 cm³/mol. The van der Waals surface area contributed by atoms with Crippen molar-refractivity contribution < 1.29 is 9.64 Å². The summed E-state index contributed by atoms with van der Waals surface area (Å²) in [4.78, 5) is 1.75. The molecule has 0 unspecified atom stereocenters. The molecular weight excluding hydrogens is 210 g/mol. The van der Waals surface area contributed by atoms with Gasteiger partial charge in [-0.15, -0.1) is 0 Å². The minimum absolute atomic E-state index is 0.871. The number of ether oxygens (including phenoxy) is 1. The van der Waals surface area contributed by atoms with Crippen LogP contribution in [-0.4, -0.2) is 19.2 Å². The van der Waals surface area contributed by atoms with Crippen molar-refractivity contribution in [1.82, 2.24) is 0 Å². The van der Waals surface area contributed by atoms with E-state index >= 15 is 0 Å². The minimum Gasteiger partial charge on any atom is -0.497 e. The smallest absolute Gasteiger partial charge is 0.131 e. The predicted octanol–water partition coefficient (Wildman–Crippen LogP) is 2.32. The average molecular weight is 232 g/mol. The molecule has 1 aromatic rings. The van der Waals surface area contributed by atoms with Gasteiger partial charge in [-0.2, -0.15) is 0 Å². The molecule has 0 atom stereocenters. The zero-order valence-electron chi connectivity index (χ0n) is 10.6. The number of quaternary nitrogens is 1. The van der Waals surface area contributed by atoms with Gasteiger partial charge in [0.15, 0.2) is 0 Å². The second kappa shape index (κ2) is 4.69. The zero-order chi connectivity index (χ0) is 11.7. The van der Waals surface area contributed by atoms with Crippen LogP contribution in [0.4, 0.5) is 5.69 Å². The van der Waals surface area contributed by atoms with Gasteiger partial charge in [0.25, 0.3) is 0 Å². The number of piperidine rings is 2. The van der Waals surface area contributed by atoms with Gasteiger partial charge < -0.3 is 4.74 Å². The summed E-state index contributed by atoms with van der Waals surface area (Å²) >= 11 is 0. The Bertz CT molecular complexity index is 351. The Kier molecular flexibility index (Phi) is 3.06. The molecule has 1 aromatic carbocycles. The highest BCUT2D eigenvalue weighted by molar-refractivity contribution is 5.36. The fourth-order valence-corrected chi connectivity index (χ4v) is 3.72. The lowest BCUT2D eigenvalue weighted by Crippen LogP contribution is -3.16. The summed E-state index contributed by atoms with van der Waals surface area (Å²) in [5.41, 5.74) is 1.47. The summed E-state index contributed by atoms with van der Waals surface area (Å²) < 4.78 is 5.24. The molecule has 1 N–H and O–H groups in total. The normalized spacial score (nSPS) is 32.2. The topological polar surface area (TPSA) is 13.7 Å². The summed E-state index contributed by atoms with van der Waals surface area (Å²) in [6, 6.07) is 10.5. The zero-order valence-corrected chi connectivity index (χ0v) is 10.6. The Morgan fingerprint density at radius 3 is 1.94 bits per heavy atom. The van der Waals surface area contributed by atoms with Crippen molar-refractivity contribution in [3.8, 4) is 5.75 Å². The second-order valence-electron chi connectivity index (χ2n) is 5.44. The first-order valence-corrected chi connectivity index (χ1v) is 6.89. The van der Waals surface area contributed by atoms with Gasteiger partial charge in [-0.25, -0.2) is 0 Å². The standard InChI is InChI=1S/C15H21NO/c1-17-15-10-8-14(9-11-15)16-12-4-2-5-13(16)7-3-6-12/h8-13H,2-7H2,1H3/p+1. The Morgan fingerprint density at radius 1 is 0.941 bits per heavy atom. The molecule has 2 fully saturated rings. The summed E-state index contributed by atoms with van der Waals surface area (Å²) in [5.74, 6) is 0.968. The maximum atomic E-state index is 5.24. The lowest BCUT2D eigenvalue weighted by molar-refractivity contribution is -0.899. The molecule has 17 heavy (non-hydrogen) atoms. The third-order valence-electron chi connectivity index (χ3n) is 4.51. The SMILES string of the molecule is COc1ccc([NH+]2C3CCCC2CCC3)cc1. The van der Waals surface area contributed by atoms with Gasteiger partial charge in [0, 0.05) is 37.8 Å². The van der Waals surface area contributed by atoms with Gasteiger partial charge in [-0.05, 0) is 25.0 Å². The number of benzene rings is 1. The van der Waals surface area contributed by atoms with E-state index in [0.29, 0.717) is 0 Å². The van der Waals surface area contributed by atoms with Gasteiger partial charge in [-0.3, -0.25) is 4.90 Å². The van der Waals surface area contributed by atoms with Crippen molar-refractivity contribution in [2.24, 2.45) is 0 Å². The molecule has 3 rings (SSSR count). The van der Waals surface area contributed by atoms with Gasteiger partial charge >= 0.3 is 0 Å². The van der Waals surface area contributed by atoms with Crippen LogP contribution < -0.4 is 9.64 Å². The number of fused-ring (bicyclic) bond motifs is 2. The Hall–Kier alpha value is -1.02. The quantitative estimate of drug-likeness (QED) is 0.826. The third kappa shape index (κ3) is 2.06. The van der Waals surface area contributed by atoms with Crippen LogP contribution in [-0.2, 0) is 0 Å². The molecule has 2 aliphatic heterocycles. The van der Waals surface area contributed by atoms with E-state index in [9.17, 15) is 0 Å². The van der Waals surface area contributed by atoms with E-state index in [-0.39, 0.29) is 0 Å². The number of hydrogen-bond acceptors (Lipinski definition) is 1. The van der Waals surface area contributed by atoms with Gasteiger partial charge in [0.1, 0.15) is 11.4 Å². The van der Waals surface area contributed by atoms with Crippen LogP contribution in [0.5, 0.6) is 5.75 Å². The van der Waals surface area contributed by atoms with Crippen molar-refractivity contribution in [1.29, 1.82) is 0 Å². The van der Waals surface area contributed by atoms with E-state index in [0.717, 1.165) is 17.8 Å². The molecule has 0 aliphatic carbocycles. The van der Waals surface area contributed by atoms with Crippen LogP contribution in [0.2, 0.25) is 0 Å². The van der Waals surface area contributed by atoms with E-state index in [1.54, 1.807) is 12.0 Å². The lowest BCUT2D eigenvalue weighted by atomic mass is 9.84. The highest BCUT2D eigenvalue weighted by Crippen LogP contribution is 2.24. The van der Waals surface area contributed by atoms with Crippen molar-refractivity contribution in [2.45, 2.75) is 50.6 Å². The molecule has 0 amide bonds. The Morgan fingerprint density at radius 2 is 1.47 bits per heavy atom. The van der Waals surface area contributed by atoms with Crippen LogP contribution in [0.25, 0.3) is 0 Å². The van der Waals surface area contributed by atoms with Crippen molar-refractivity contribution in [3.63, 3.8) is 0 Å². The van der Waals surface area contributed by atoms with Crippen LogP contribution in [0, 0.1) is 0 Å².